The zero-order valence-electron chi connectivity index (χ0n) is 27.5. The van der Waals surface area contributed by atoms with E-state index in [-0.39, 0.29) is 28.7 Å². The number of aryl methyl sites for hydroxylation is 1. The van der Waals surface area contributed by atoms with Crippen molar-refractivity contribution in [1.29, 1.82) is 0 Å². The van der Waals surface area contributed by atoms with Crippen molar-refractivity contribution < 1.29 is 42.0 Å². The van der Waals surface area contributed by atoms with Gasteiger partial charge in [0.2, 0.25) is 5.75 Å². The summed E-state index contributed by atoms with van der Waals surface area (Å²) in [6.45, 7) is 7.07. The Morgan fingerprint density at radius 1 is 0.940 bits per heavy atom. The molecular formula is C36H35F2N5O7. The molecule has 0 bridgehead atoms. The summed E-state index contributed by atoms with van der Waals surface area (Å²) >= 11 is 0. The quantitative estimate of drug-likeness (QED) is 0.167. The lowest BCUT2D eigenvalue weighted by Crippen LogP contribution is -2.37. The number of aromatic nitrogens is 3. The molecule has 50 heavy (non-hydrogen) atoms. The maximum absolute atomic E-state index is 15.5. The highest BCUT2D eigenvalue weighted by Gasteiger charge is 2.26. The number of methoxy groups -OCH3 is 1. The van der Waals surface area contributed by atoms with Crippen LogP contribution in [0.3, 0.4) is 0 Å². The zero-order chi connectivity index (χ0) is 34.6. The average Bonchev–Trinajstić information content (AvgIpc) is 3.56. The fourth-order valence-electron chi connectivity index (χ4n) is 5.90. The second kappa shape index (κ2) is 14.6. The van der Waals surface area contributed by atoms with E-state index in [0.29, 0.717) is 65.0 Å². The third-order valence-electron chi connectivity index (χ3n) is 8.35. The van der Waals surface area contributed by atoms with Gasteiger partial charge >= 0.3 is 0 Å². The number of nitrogens with zero attached hydrogens (tertiary/aromatic N) is 4. The maximum Gasteiger partial charge on any atom is 0.280 e. The van der Waals surface area contributed by atoms with Gasteiger partial charge in [-0.2, -0.15) is 5.10 Å². The number of halogens is 2. The molecule has 0 saturated carbocycles. The first kappa shape index (κ1) is 33.0. The Balaban J connectivity index is 1.08. The molecule has 12 nitrogen and oxygen atoms in total. The molecule has 2 aliphatic rings. The topological polar surface area (TPSA) is 118 Å². The van der Waals surface area contributed by atoms with Crippen LogP contribution in [0.4, 0.5) is 14.5 Å². The summed E-state index contributed by atoms with van der Waals surface area (Å²) in [5.74, 6) is 0.0337. The van der Waals surface area contributed by atoms with Gasteiger partial charge in [0, 0.05) is 43.7 Å². The summed E-state index contributed by atoms with van der Waals surface area (Å²) in [7, 11) is 1.40. The van der Waals surface area contributed by atoms with Gasteiger partial charge in [0.25, 0.3) is 5.91 Å². The lowest BCUT2D eigenvalue weighted by atomic mass is 10.1. The molecule has 0 atom stereocenters. The molecule has 14 heteroatoms. The first-order valence-corrected chi connectivity index (χ1v) is 16.2. The van der Waals surface area contributed by atoms with Gasteiger partial charge in [-0.3, -0.25) is 14.7 Å². The molecule has 1 saturated heterocycles. The molecule has 2 aromatic heterocycles. The van der Waals surface area contributed by atoms with Crippen LogP contribution in [0.2, 0.25) is 0 Å². The van der Waals surface area contributed by atoms with Crippen LogP contribution in [-0.4, -0.2) is 85.4 Å². The van der Waals surface area contributed by atoms with Crippen molar-refractivity contribution in [3.8, 4) is 40.2 Å². The van der Waals surface area contributed by atoms with Gasteiger partial charge < -0.3 is 33.7 Å². The summed E-state index contributed by atoms with van der Waals surface area (Å²) in [6.07, 6.45) is 3.90. The monoisotopic (exact) mass is 687 g/mol. The van der Waals surface area contributed by atoms with Crippen LogP contribution < -0.4 is 29.0 Å². The third kappa shape index (κ3) is 6.98. The minimum absolute atomic E-state index is 0.0346. The van der Waals surface area contributed by atoms with Crippen molar-refractivity contribution in [3.63, 3.8) is 0 Å². The van der Waals surface area contributed by atoms with Crippen LogP contribution in [-0.2, 0) is 4.74 Å². The van der Waals surface area contributed by atoms with Gasteiger partial charge in [-0.1, -0.05) is 0 Å². The number of hydrogen-bond acceptors (Lipinski definition) is 10. The molecule has 1 N–H and O–H groups in total. The number of pyridine rings is 1. The fraction of sp³-hybridized carbons (Fsp3) is 0.306. The molecule has 260 valence electrons. The average molecular weight is 688 g/mol. The fourth-order valence-corrected chi connectivity index (χ4v) is 5.90. The van der Waals surface area contributed by atoms with E-state index in [0.717, 1.165) is 45.3 Å². The van der Waals surface area contributed by atoms with E-state index in [1.54, 1.807) is 31.3 Å². The second-order valence-corrected chi connectivity index (χ2v) is 11.7. The van der Waals surface area contributed by atoms with E-state index in [4.69, 9.17) is 28.4 Å². The van der Waals surface area contributed by atoms with Crippen molar-refractivity contribution in [2.24, 2.45) is 0 Å². The van der Waals surface area contributed by atoms with Gasteiger partial charge in [-0.05, 0) is 55.3 Å². The molecular weight excluding hydrogens is 652 g/mol. The van der Waals surface area contributed by atoms with E-state index in [9.17, 15) is 9.18 Å². The normalized spacial score (nSPS) is 14.4. The van der Waals surface area contributed by atoms with Crippen molar-refractivity contribution in [2.45, 2.75) is 13.3 Å². The van der Waals surface area contributed by atoms with Crippen molar-refractivity contribution in [2.75, 3.05) is 65.1 Å². The molecule has 1 fully saturated rings. The number of ether oxygens (including phenoxy) is 6. The summed E-state index contributed by atoms with van der Waals surface area (Å²) < 4.78 is 65.5. The standard InChI is InChI=1S/C36H35F2N5O7/c1-22-18-23(37)4-6-27(22)43-21-31(45-2)33(41-43)36(44)40-24-5-7-28(25(38)19-24)50-29-8-9-39-26-20-30(34-35(32(26)29)49-17-16-48-34)47-13-3-10-42-11-14-46-15-12-42/h4-9,18-21H,3,10-17H2,1-2H3,(H,40,44). The van der Waals surface area contributed by atoms with Gasteiger partial charge in [0.1, 0.15) is 24.8 Å². The molecule has 0 radical (unpaired) electrons. The number of anilines is 1. The van der Waals surface area contributed by atoms with E-state index >= 15 is 4.39 Å². The number of morpholine rings is 1. The minimum Gasteiger partial charge on any atom is -0.493 e. The Labute approximate surface area is 286 Å². The summed E-state index contributed by atoms with van der Waals surface area (Å²) in [5, 5.41) is 7.50. The first-order valence-electron chi connectivity index (χ1n) is 16.2. The number of amides is 1. The van der Waals surface area contributed by atoms with Crippen LogP contribution >= 0.6 is 0 Å². The van der Waals surface area contributed by atoms with E-state index in [2.05, 4.69) is 20.3 Å². The molecule has 1 amide bonds. The van der Waals surface area contributed by atoms with Gasteiger partial charge in [0.05, 0.1) is 49.7 Å². The largest absolute Gasteiger partial charge is 0.493 e. The van der Waals surface area contributed by atoms with E-state index in [1.165, 1.54) is 42.3 Å². The van der Waals surface area contributed by atoms with E-state index < -0.39 is 11.7 Å². The number of rotatable bonds is 11. The number of carbonyl (C=O) groups is 1. The van der Waals surface area contributed by atoms with E-state index in [1.807, 2.05) is 0 Å². The Morgan fingerprint density at radius 2 is 1.76 bits per heavy atom. The van der Waals surface area contributed by atoms with Crippen LogP contribution in [0.15, 0.2) is 60.9 Å². The van der Waals surface area contributed by atoms with Gasteiger partial charge in [-0.25, -0.2) is 13.5 Å². The smallest absolute Gasteiger partial charge is 0.280 e. The minimum atomic E-state index is -0.724. The lowest BCUT2D eigenvalue weighted by Gasteiger charge is -2.26. The second-order valence-electron chi connectivity index (χ2n) is 11.7. The molecule has 4 heterocycles. The molecule has 7 rings (SSSR count). The Bertz CT molecular complexity index is 2030. The van der Waals surface area contributed by atoms with Crippen LogP contribution in [0, 0.1) is 18.6 Å². The number of carbonyl (C=O) groups excluding carboxylic acids is 1. The van der Waals surface area contributed by atoms with Crippen LogP contribution in [0.1, 0.15) is 22.5 Å². The maximum atomic E-state index is 15.5. The third-order valence-corrected chi connectivity index (χ3v) is 8.35. The highest BCUT2D eigenvalue weighted by atomic mass is 19.1. The predicted molar refractivity (Wildman–Crippen MR) is 179 cm³/mol. The SMILES string of the molecule is COc1cn(-c2ccc(F)cc2C)nc1C(=O)Nc1ccc(Oc2ccnc3cc(OCCCN4CCOCC4)c4c(c23)OCCO4)c(F)c1. The van der Waals surface area contributed by atoms with Crippen molar-refractivity contribution in [1.82, 2.24) is 19.7 Å². The molecule has 0 aliphatic carbocycles. The summed E-state index contributed by atoms with van der Waals surface area (Å²) in [6, 6.07) is 11.7. The molecule has 5 aromatic rings. The molecule has 3 aromatic carbocycles. The Kier molecular flexibility index (Phi) is 9.63. The molecule has 2 aliphatic heterocycles. The van der Waals surface area contributed by atoms with Crippen molar-refractivity contribution >= 4 is 22.5 Å². The number of nitrogens with one attached hydrogen (secondary N) is 1. The van der Waals surface area contributed by atoms with Crippen LogP contribution in [0.5, 0.6) is 34.5 Å². The molecule has 0 unspecified atom stereocenters. The first-order chi connectivity index (χ1) is 24.4. The Morgan fingerprint density at radius 3 is 2.54 bits per heavy atom. The summed E-state index contributed by atoms with van der Waals surface area (Å²) in [4.78, 5) is 20.0. The van der Waals surface area contributed by atoms with Crippen LogP contribution in [0.25, 0.3) is 16.6 Å². The summed E-state index contributed by atoms with van der Waals surface area (Å²) in [5.41, 5.74) is 1.85. The van der Waals surface area contributed by atoms with Gasteiger partial charge in [0.15, 0.2) is 34.5 Å². The highest BCUT2D eigenvalue weighted by Crippen LogP contribution is 2.48. The molecule has 0 spiro atoms. The van der Waals surface area contributed by atoms with Crippen molar-refractivity contribution in [3.05, 3.63) is 83.8 Å². The zero-order valence-corrected chi connectivity index (χ0v) is 27.5. The Hall–Kier alpha value is -5.47. The highest BCUT2D eigenvalue weighted by molar-refractivity contribution is 6.04. The lowest BCUT2D eigenvalue weighted by molar-refractivity contribution is 0.0357. The predicted octanol–water partition coefficient (Wildman–Crippen LogP) is 5.93. The number of hydrogen-bond donors (Lipinski definition) is 1. The number of fused-ring (bicyclic) bond motifs is 3. The number of benzene rings is 3. The van der Waals surface area contributed by atoms with Gasteiger partial charge in [-0.15, -0.1) is 0 Å².